The first-order valence-electron chi connectivity index (χ1n) is 5.91. The number of aromatic carboxylic acids is 1. The summed E-state index contributed by atoms with van der Waals surface area (Å²) in [6, 6.07) is 1.70. The van der Waals surface area contributed by atoms with E-state index in [4.69, 9.17) is 5.11 Å². The molecule has 2 rings (SSSR count). The lowest BCUT2D eigenvalue weighted by molar-refractivity contribution is 0.0690. The van der Waals surface area contributed by atoms with Gasteiger partial charge in [0.25, 0.3) is 0 Å². The first-order valence-corrected chi connectivity index (χ1v) is 5.91. The highest BCUT2D eigenvalue weighted by Gasteiger charge is 2.27. The third-order valence-corrected chi connectivity index (χ3v) is 2.89. The quantitative estimate of drug-likeness (QED) is 0.843. The molecule has 0 radical (unpaired) electrons. The van der Waals surface area contributed by atoms with Gasteiger partial charge in [0, 0.05) is 18.8 Å². The summed E-state index contributed by atoms with van der Waals surface area (Å²) in [6.45, 7) is 5.05. The third kappa shape index (κ3) is 2.93. The maximum absolute atomic E-state index is 10.9. The largest absolute Gasteiger partial charge is 0.477 e. The third-order valence-electron chi connectivity index (χ3n) is 2.89. The lowest BCUT2D eigenvalue weighted by Gasteiger charge is -2.26. The van der Waals surface area contributed by atoms with Gasteiger partial charge < -0.3 is 10.0 Å². The smallest absolute Gasteiger partial charge is 0.354 e. The van der Waals surface area contributed by atoms with Gasteiger partial charge in [-0.25, -0.2) is 14.8 Å². The van der Waals surface area contributed by atoms with Gasteiger partial charge in [0.05, 0.1) is 0 Å². The second-order valence-electron chi connectivity index (χ2n) is 4.74. The van der Waals surface area contributed by atoms with Gasteiger partial charge in [0.1, 0.15) is 0 Å². The predicted octanol–water partition coefficient (Wildman–Crippen LogP) is 1.80. The minimum Gasteiger partial charge on any atom is -0.477 e. The standard InChI is InChI=1S/C12H17N3O2/c1-8(2)15(7-9-3-4-9)12-13-6-5-10(14-12)11(16)17/h5-6,8-9H,3-4,7H2,1-2H3,(H,16,17). The van der Waals surface area contributed by atoms with E-state index in [1.165, 1.54) is 25.1 Å². The van der Waals surface area contributed by atoms with Crippen LogP contribution >= 0.6 is 0 Å². The van der Waals surface area contributed by atoms with E-state index in [0.717, 1.165) is 12.5 Å². The van der Waals surface area contributed by atoms with Crippen molar-refractivity contribution in [2.24, 2.45) is 5.92 Å². The van der Waals surface area contributed by atoms with E-state index in [0.29, 0.717) is 5.95 Å². The van der Waals surface area contributed by atoms with Crippen molar-refractivity contribution in [2.75, 3.05) is 11.4 Å². The van der Waals surface area contributed by atoms with E-state index in [-0.39, 0.29) is 11.7 Å². The molecule has 0 amide bonds. The van der Waals surface area contributed by atoms with Gasteiger partial charge >= 0.3 is 5.97 Å². The minimum atomic E-state index is -1.01. The number of carbonyl (C=O) groups is 1. The zero-order chi connectivity index (χ0) is 12.4. The Bertz CT molecular complexity index is 416. The summed E-state index contributed by atoms with van der Waals surface area (Å²) in [4.78, 5) is 21.2. The molecule has 1 aliphatic carbocycles. The van der Waals surface area contributed by atoms with Crippen LogP contribution in [0.5, 0.6) is 0 Å². The molecule has 92 valence electrons. The lowest BCUT2D eigenvalue weighted by atomic mass is 10.3. The number of rotatable bonds is 5. The molecule has 1 saturated carbocycles. The van der Waals surface area contributed by atoms with Crippen LogP contribution in [0.1, 0.15) is 37.2 Å². The summed E-state index contributed by atoms with van der Waals surface area (Å²) < 4.78 is 0. The van der Waals surface area contributed by atoms with E-state index in [1.54, 1.807) is 0 Å². The van der Waals surface area contributed by atoms with E-state index in [1.807, 2.05) is 0 Å². The summed E-state index contributed by atoms with van der Waals surface area (Å²) in [6.07, 6.45) is 4.01. The first-order chi connectivity index (χ1) is 8.08. The van der Waals surface area contributed by atoms with Crippen LogP contribution in [0.15, 0.2) is 12.3 Å². The summed E-state index contributed by atoms with van der Waals surface area (Å²) in [5, 5.41) is 8.92. The van der Waals surface area contributed by atoms with Crippen molar-refractivity contribution in [3.63, 3.8) is 0 Å². The topological polar surface area (TPSA) is 66.3 Å². The Morgan fingerprint density at radius 2 is 2.29 bits per heavy atom. The number of nitrogens with zero attached hydrogens (tertiary/aromatic N) is 3. The van der Waals surface area contributed by atoms with Crippen molar-refractivity contribution in [1.29, 1.82) is 0 Å². The molecule has 5 heteroatoms. The van der Waals surface area contributed by atoms with Crippen molar-refractivity contribution in [2.45, 2.75) is 32.7 Å². The van der Waals surface area contributed by atoms with Crippen LogP contribution < -0.4 is 4.90 Å². The molecule has 5 nitrogen and oxygen atoms in total. The number of hydrogen-bond donors (Lipinski definition) is 1. The van der Waals surface area contributed by atoms with E-state index in [2.05, 4.69) is 28.7 Å². The average molecular weight is 235 g/mol. The molecule has 17 heavy (non-hydrogen) atoms. The molecule has 0 saturated heterocycles. The molecule has 1 N–H and O–H groups in total. The van der Waals surface area contributed by atoms with Gasteiger partial charge in [-0.05, 0) is 38.7 Å². The molecular formula is C12H17N3O2. The van der Waals surface area contributed by atoms with Gasteiger partial charge in [0.15, 0.2) is 5.69 Å². The average Bonchev–Trinajstić information content (AvgIpc) is 3.09. The maximum Gasteiger partial charge on any atom is 0.354 e. The Morgan fingerprint density at radius 1 is 1.59 bits per heavy atom. The molecule has 1 fully saturated rings. The maximum atomic E-state index is 10.9. The lowest BCUT2D eigenvalue weighted by Crippen LogP contribution is -2.34. The van der Waals surface area contributed by atoms with Gasteiger partial charge in [-0.1, -0.05) is 0 Å². The minimum absolute atomic E-state index is 0.0523. The van der Waals surface area contributed by atoms with Crippen LogP contribution in [-0.2, 0) is 0 Å². The molecule has 1 aromatic rings. The van der Waals surface area contributed by atoms with Crippen molar-refractivity contribution in [1.82, 2.24) is 9.97 Å². The monoisotopic (exact) mass is 235 g/mol. The fourth-order valence-corrected chi connectivity index (χ4v) is 1.71. The second-order valence-corrected chi connectivity index (χ2v) is 4.74. The molecule has 1 heterocycles. The van der Waals surface area contributed by atoms with Crippen LogP contribution in [-0.4, -0.2) is 33.6 Å². The van der Waals surface area contributed by atoms with Crippen molar-refractivity contribution >= 4 is 11.9 Å². The molecule has 1 aromatic heterocycles. The molecule has 0 atom stereocenters. The van der Waals surface area contributed by atoms with Crippen LogP contribution in [0, 0.1) is 5.92 Å². The van der Waals surface area contributed by atoms with Gasteiger partial charge in [-0.2, -0.15) is 0 Å². The fraction of sp³-hybridized carbons (Fsp3) is 0.583. The Balaban J connectivity index is 2.21. The van der Waals surface area contributed by atoms with Gasteiger partial charge in [-0.15, -0.1) is 0 Å². The molecule has 0 bridgehead atoms. The zero-order valence-corrected chi connectivity index (χ0v) is 10.1. The highest BCUT2D eigenvalue weighted by atomic mass is 16.4. The number of hydrogen-bond acceptors (Lipinski definition) is 4. The summed E-state index contributed by atoms with van der Waals surface area (Å²) in [7, 11) is 0. The number of carboxylic acids is 1. The molecule has 0 aromatic carbocycles. The number of carboxylic acid groups (broad SMARTS) is 1. The van der Waals surface area contributed by atoms with Crippen LogP contribution in [0.2, 0.25) is 0 Å². The SMILES string of the molecule is CC(C)N(CC1CC1)c1nccc(C(=O)O)n1. The second kappa shape index (κ2) is 4.69. The van der Waals surface area contributed by atoms with Gasteiger partial charge in [0.2, 0.25) is 5.95 Å². The molecule has 0 unspecified atom stereocenters. The highest BCUT2D eigenvalue weighted by Crippen LogP contribution is 2.31. The molecule has 0 spiro atoms. The van der Waals surface area contributed by atoms with Crippen molar-refractivity contribution < 1.29 is 9.90 Å². The van der Waals surface area contributed by atoms with Gasteiger partial charge in [-0.3, -0.25) is 0 Å². The van der Waals surface area contributed by atoms with E-state index >= 15 is 0 Å². The van der Waals surface area contributed by atoms with Crippen molar-refractivity contribution in [3.8, 4) is 0 Å². The Kier molecular flexibility index (Phi) is 3.26. The summed E-state index contributed by atoms with van der Waals surface area (Å²) >= 11 is 0. The Morgan fingerprint density at radius 3 is 2.82 bits per heavy atom. The fourth-order valence-electron chi connectivity index (χ4n) is 1.71. The zero-order valence-electron chi connectivity index (χ0n) is 10.1. The van der Waals surface area contributed by atoms with Crippen LogP contribution in [0.4, 0.5) is 5.95 Å². The molecular weight excluding hydrogens is 218 g/mol. The van der Waals surface area contributed by atoms with E-state index < -0.39 is 5.97 Å². The summed E-state index contributed by atoms with van der Waals surface area (Å²) in [5.41, 5.74) is 0.0523. The number of anilines is 1. The summed E-state index contributed by atoms with van der Waals surface area (Å²) in [5.74, 6) is 0.227. The molecule has 1 aliphatic rings. The normalized spacial score (nSPS) is 15.0. The van der Waals surface area contributed by atoms with Crippen LogP contribution in [0.25, 0.3) is 0 Å². The highest BCUT2D eigenvalue weighted by molar-refractivity contribution is 5.85. The first kappa shape index (κ1) is 11.8. The number of aromatic nitrogens is 2. The van der Waals surface area contributed by atoms with Crippen LogP contribution in [0.3, 0.4) is 0 Å². The Hall–Kier alpha value is -1.65. The molecule has 0 aliphatic heterocycles. The predicted molar refractivity (Wildman–Crippen MR) is 64.2 cm³/mol. The van der Waals surface area contributed by atoms with Crippen molar-refractivity contribution in [3.05, 3.63) is 18.0 Å². The van der Waals surface area contributed by atoms with E-state index in [9.17, 15) is 4.79 Å². The Labute approximate surface area is 100 Å².